The highest BCUT2D eigenvalue weighted by atomic mass is 14.6. The van der Waals surface area contributed by atoms with Crippen LogP contribution in [0.15, 0.2) is 60.7 Å². The zero-order chi connectivity index (χ0) is 14.8. The molecule has 0 aliphatic heterocycles. The molecule has 1 unspecified atom stereocenters. The van der Waals surface area contributed by atoms with Crippen LogP contribution in [0.2, 0.25) is 0 Å². The van der Waals surface area contributed by atoms with Gasteiger partial charge in [0.05, 0.1) is 0 Å². The molecule has 0 aromatic heterocycles. The fourth-order valence-electron chi connectivity index (χ4n) is 3.00. The highest BCUT2D eigenvalue weighted by Crippen LogP contribution is 2.27. The van der Waals surface area contributed by atoms with Crippen LogP contribution < -0.4 is 5.73 Å². The van der Waals surface area contributed by atoms with Gasteiger partial charge < -0.3 is 5.73 Å². The average Bonchev–Trinajstić information content (AvgIpc) is 2.48. The fraction of sp³-hybridized carbons (Fsp3) is 0.200. The van der Waals surface area contributed by atoms with Gasteiger partial charge in [-0.3, -0.25) is 0 Å². The molecular weight excluding hydrogens is 254 g/mol. The minimum atomic E-state index is 0.0253. The summed E-state index contributed by atoms with van der Waals surface area (Å²) in [4.78, 5) is 0. The average molecular weight is 275 g/mol. The topological polar surface area (TPSA) is 26.0 Å². The second-order valence-corrected chi connectivity index (χ2v) is 5.82. The predicted octanol–water partition coefficient (Wildman–Crippen LogP) is 4.70. The van der Waals surface area contributed by atoms with Crippen molar-refractivity contribution >= 4 is 10.8 Å². The molecule has 1 atom stereocenters. The first-order valence-corrected chi connectivity index (χ1v) is 7.44. The molecule has 0 aliphatic rings. The standard InChI is InChI=1S/C20H21N/c1-14-6-5-7-16(12-14)13-20(21)19-11-10-15(2)17-8-3-4-9-18(17)19/h3-12,20H,13,21H2,1-2H3. The van der Waals surface area contributed by atoms with Crippen LogP contribution in [-0.4, -0.2) is 0 Å². The van der Waals surface area contributed by atoms with Crippen molar-refractivity contribution in [2.24, 2.45) is 5.73 Å². The lowest BCUT2D eigenvalue weighted by atomic mass is 9.92. The van der Waals surface area contributed by atoms with Gasteiger partial charge in [-0.05, 0) is 47.7 Å². The predicted molar refractivity (Wildman–Crippen MR) is 90.5 cm³/mol. The quantitative estimate of drug-likeness (QED) is 0.736. The first-order chi connectivity index (χ1) is 10.1. The van der Waals surface area contributed by atoms with Gasteiger partial charge in [0.15, 0.2) is 0 Å². The summed E-state index contributed by atoms with van der Waals surface area (Å²) >= 11 is 0. The van der Waals surface area contributed by atoms with Crippen LogP contribution in [0, 0.1) is 13.8 Å². The number of rotatable bonds is 3. The van der Waals surface area contributed by atoms with E-state index in [1.54, 1.807) is 0 Å². The Balaban J connectivity index is 1.98. The summed E-state index contributed by atoms with van der Waals surface area (Å²) in [5, 5.41) is 2.58. The first-order valence-electron chi connectivity index (χ1n) is 7.44. The van der Waals surface area contributed by atoms with Crippen molar-refractivity contribution in [3.05, 3.63) is 82.9 Å². The SMILES string of the molecule is Cc1cccc(CC(N)c2ccc(C)c3ccccc23)c1. The summed E-state index contributed by atoms with van der Waals surface area (Å²) in [6.45, 7) is 4.27. The number of aryl methyl sites for hydroxylation is 2. The van der Waals surface area contributed by atoms with Gasteiger partial charge in [-0.1, -0.05) is 66.2 Å². The molecule has 0 saturated carbocycles. The zero-order valence-electron chi connectivity index (χ0n) is 12.6. The Morgan fingerprint density at radius 2 is 1.62 bits per heavy atom. The van der Waals surface area contributed by atoms with E-state index in [4.69, 9.17) is 5.73 Å². The Hall–Kier alpha value is -2.12. The van der Waals surface area contributed by atoms with Crippen molar-refractivity contribution in [3.63, 3.8) is 0 Å². The van der Waals surface area contributed by atoms with Crippen molar-refractivity contribution < 1.29 is 0 Å². The molecule has 0 heterocycles. The molecule has 3 rings (SSSR count). The van der Waals surface area contributed by atoms with Gasteiger partial charge in [0.1, 0.15) is 0 Å². The molecule has 0 fully saturated rings. The monoisotopic (exact) mass is 275 g/mol. The maximum absolute atomic E-state index is 6.49. The molecule has 106 valence electrons. The highest BCUT2D eigenvalue weighted by molar-refractivity contribution is 5.88. The van der Waals surface area contributed by atoms with E-state index in [1.165, 1.54) is 33.0 Å². The van der Waals surface area contributed by atoms with Crippen LogP contribution in [0.5, 0.6) is 0 Å². The molecular formula is C20H21N. The second kappa shape index (κ2) is 5.71. The Kier molecular flexibility index (Phi) is 3.76. The van der Waals surface area contributed by atoms with Crippen molar-refractivity contribution in [2.75, 3.05) is 0 Å². The maximum atomic E-state index is 6.49. The molecule has 3 aromatic rings. The Labute approximate surface area is 126 Å². The van der Waals surface area contributed by atoms with Gasteiger partial charge in [0.2, 0.25) is 0 Å². The summed E-state index contributed by atoms with van der Waals surface area (Å²) in [5.41, 5.74) is 11.6. The van der Waals surface area contributed by atoms with Crippen molar-refractivity contribution in [3.8, 4) is 0 Å². The summed E-state index contributed by atoms with van der Waals surface area (Å²) in [5.74, 6) is 0. The van der Waals surface area contributed by atoms with Gasteiger partial charge in [0.25, 0.3) is 0 Å². The third-order valence-corrected chi connectivity index (χ3v) is 4.11. The maximum Gasteiger partial charge on any atom is 0.0341 e. The van der Waals surface area contributed by atoms with Gasteiger partial charge in [-0.2, -0.15) is 0 Å². The lowest BCUT2D eigenvalue weighted by Crippen LogP contribution is -2.14. The first kappa shape index (κ1) is 13.8. The minimum absolute atomic E-state index is 0.0253. The molecule has 2 N–H and O–H groups in total. The minimum Gasteiger partial charge on any atom is -0.324 e. The van der Waals surface area contributed by atoms with Crippen LogP contribution in [-0.2, 0) is 6.42 Å². The molecule has 0 aliphatic carbocycles. The molecule has 21 heavy (non-hydrogen) atoms. The number of nitrogens with two attached hydrogens (primary N) is 1. The summed E-state index contributed by atoms with van der Waals surface area (Å²) < 4.78 is 0. The number of fused-ring (bicyclic) bond motifs is 1. The van der Waals surface area contributed by atoms with E-state index in [1.807, 2.05) is 0 Å². The van der Waals surface area contributed by atoms with Crippen molar-refractivity contribution in [2.45, 2.75) is 26.3 Å². The van der Waals surface area contributed by atoms with Gasteiger partial charge in [-0.15, -0.1) is 0 Å². The van der Waals surface area contributed by atoms with Gasteiger partial charge in [0, 0.05) is 6.04 Å². The van der Waals surface area contributed by atoms with E-state index in [-0.39, 0.29) is 6.04 Å². The number of hydrogen-bond acceptors (Lipinski definition) is 1. The van der Waals surface area contributed by atoms with Crippen molar-refractivity contribution in [1.29, 1.82) is 0 Å². The fourth-order valence-corrected chi connectivity index (χ4v) is 3.00. The smallest absolute Gasteiger partial charge is 0.0341 e. The Morgan fingerprint density at radius 1 is 0.857 bits per heavy atom. The lowest BCUT2D eigenvalue weighted by molar-refractivity contribution is 0.727. The van der Waals surface area contributed by atoms with Crippen LogP contribution in [0.3, 0.4) is 0 Å². The largest absolute Gasteiger partial charge is 0.324 e. The van der Waals surface area contributed by atoms with E-state index in [0.717, 1.165) is 6.42 Å². The second-order valence-electron chi connectivity index (χ2n) is 5.82. The van der Waals surface area contributed by atoms with E-state index < -0.39 is 0 Å². The van der Waals surface area contributed by atoms with Gasteiger partial charge >= 0.3 is 0 Å². The third-order valence-electron chi connectivity index (χ3n) is 4.11. The van der Waals surface area contributed by atoms with Crippen LogP contribution in [0.4, 0.5) is 0 Å². The molecule has 0 saturated heterocycles. The van der Waals surface area contributed by atoms with Gasteiger partial charge in [-0.25, -0.2) is 0 Å². The van der Waals surface area contributed by atoms with E-state index in [9.17, 15) is 0 Å². The van der Waals surface area contributed by atoms with Crippen LogP contribution in [0.1, 0.15) is 28.3 Å². The number of hydrogen-bond donors (Lipinski definition) is 1. The van der Waals surface area contributed by atoms with Crippen molar-refractivity contribution in [1.82, 2.24) is 0 Å². The zero-order valence-corrected chi connectivity index (χ0v) is 12.6. The third kappa shape index (κ3) is 2.84. The van der Waals surface area contributed by atoms with E-state index in [2.05, 4.69) is 74.5 Å². The summed E-state index contributed by atoms with van der Waals surface area (Å²) in [7, 11) is 0. The van der Waals surface area contributed by atoms with E-state index in [0.29, 0.717) is 0 Å². The summed E-state index contributed by atoms with van der Waals surface area (Å²) in [6, 6.07) is 21.5. The normalized spacial score (nSPS) is 12.5. The van der Waals surface area contributed by atoms with Crippen LogP contribution >= 0.6 is 0 Å². The number of benzene rings is 3. The lowest BCUT2D eigenvalue weighted by Gasteiger charge is -2.16. The molecule has 1 nitrogen and oxygen atoms in total. The van der Waals surface area contributed by atoms with E-state index >= 15 is 0 Å². The summed E-state index contributed by atoms with van der Waals surface area (Å²) in [6.07, 6.45) is 0.870. The van der Waals surface area contributed by atoms with Crippen LogP contribution in [0.25, 0.3) is 10.8 Å². The Morgan fingerprint density at radius 3 is 2.38 bits per heavy atom. The molecule has 1 heteroatoms. The Bertz CT molecular complexity index is 774. The molecule has 0 spiro atoms. The molecule has 3 aromatic carbocycles. The molecule has 0 amide bonds. The molecule has 0 bridgehead atoms. The molecule has 0 radical (unpaired) electrons. The highest BCUT2D eigenvalue weighted by Gasteiger charge is 2.11.